The Kier molecular flexibility index (Phi) is 4.19. The van der Waals surface area contributed by atoms with Gasteiger partial charge in [-0.1, -0.05) is 32.9 Å². The van der Waals surface area contributed by atoms with Crippen molar-refractivity contribution in [3.63, 3.8) is 0 Å². The van der Waals surface area contributed by atoms with E-state index in [1.807, 2.05) is 19.1 Å². The SMILES string of the molecule is CCOP(=O)(O)c1ccc(C(C)(C)C)cc1C. The van der Waals surface area contributed by atoms with Crippen molar-refractivity contribution in [2.75, 3.05) is 6.61 Å². The van der Waals surface area contributed by atoms with Crippen LogP contribution in [-0.2, 0) is 14.5 Å². The van der Waals surface area contributed by atoms with Crippen LogP contribution in [0.4, 0.5) is 0 Å². The molecule has 0 aromatic heterocycles. The van der Waals surface area contributed by atoms with Gasteiger partial charge in [0, 0.05) is 0 Å². The summed E-state index contributed by atoms with van der Waals surface area (Å²) in [5.41, 5.74) is 1.99. The van der Waals surface area contributed by atoms with Crippen LogP contribution in [0.1, 0.15) is 38.8 Å². The molecule has 1 aromatic carbocycles. The van der Waals surface area contributed by atoms with E-state index in [9.17, 15) is 9.46 Å². The smallest absolute Gasteiger partial charge is 0.321 e. The van der Waals surface area contributed by atoms with Crippen LogP contribution in [0.3, 0.4) is 0 Å². The molecule has 1 N–H and O–H groups in total. The van der Waals surface area contributed by atoms with E-state index in [-0.39, 0.29) is 12.0 Å². The summed E-state index contributed by atoms with van der Waals surface area (Å²) in [6.07, 6.45) is 0. The van der Waals surface area contributed by atoms with Gasteiger partial charge in [-0.05, 0) is 36.5 Å². The minimum absolute atomic E-state index is 0.0361. The lowest BCUT2D eigenvalue weighted by molar-refractivity contribution is 0.284. The van der Waals surface area contributed by atoms with E-state index in [1.165, 1.54) is 0 Å². The van der Waals surface area contributed by atoms with Gasteiger partial charge in [0.1, 0.15) is 0 Å². The molecule has 96 valence electrons. The second kappa shape index (κ2) is 4.93. The Morgan fingerprint density at radius 3 is 2.35 bits per heavy atom. The summed E-state index contributed by atoms with van der Waals surface area (Å²) in [4.78, 5) is 9.79. The second-order valence-electron chi connectivity index (χ2n) is 5.19. The summed E-state index contributed by atoms with van der Waals surface area (Å²) in [5, 5.41) is 0.396. The predicted octanol–water partition coefficient (Wildman–Crippen LogP) is 3.14. The van der Waals surface area contributed by atoms with E-state index < -0.39 is 7.60 Å². The van der Waals surface area contributed by atoms with Gasteiger partial charge in [0.05, 0.1) is 11.9 Å². The van der Waals surface area contributed by atoms with Crippen molar-refractivity contribution in [2.24, 2.45) is 0 Å². The fraction of sp³-hybridized carbons (Fsp3) is 0.538. The third-order valence-corrected chi connectivity index (χ3v) is 4.39. The zero-order valence-corrected chi connectivity index (χ0v) is 12.0. The Bertz CT molecular complexity index is 446. The Morgan fingerprint density at radius 1 is 1.35 bits per heavy atom. The van der Waals surface area contributed by atoms with Gasteiger partial charge in [0.25, 0.3) is 0 Å². The zero-order valence-electron chi connectivity index (χ0n) is 11.2. The third kappa shape index (κ3) is 3.41. The van der Waals surface area contributed by atoms with Crippen molar-refractivity contribution in [3.05, 3.63) is 29.3 Å². The molecule has 0 saturated heterocycles. The van der Waals surface area contributed by atoms with E-state index >= 15 is 0 Å². The van der Waals surface area contributed by atoms with Gasteiger partial charge in [0.2, 0.25) is 0 Å². The van der Waals surface area contributed by atoms with Crippen LogP contribution < -0.4 is 5.30 Å². The summed E-state index contributed by atoms with van der Waals surface area (Å²) in [6.45, 7) is 10.1. The first-order chi connectivity index (χ1) is 7.68. The quantitative estimate of drug-likeness (QED) is 0.845. The highest BCUT2D eigenvalue weighted by Crippen LogP contribution is 2.42. The molecule has 4 heteroatoms. The normalized spacial score (nSPS) is 15.6. The summed E-state index contributed by atoms with van der Waals surface area (Å²) in [5.74, 6) is 0. The fourth-order valence-electron chi connectivity index (χ4n) is 1.68. The standard InChI is InChI=1S/C13H21O3P/c1-6-16-17(14,15)12-8-7-11(9-10(12)2)13(3,4)5/h7-9H,6H2,1-5H3,(H,14,15). The van der Waals surface area contributed by atoms with Crippen LogP contribution in [0.2, 0.25) is 0 Å². The van der Waals surface area contributed by atoms with Crippen LogP contribution in [0.15, 0.2) is 18.2 Å². The van der Waals surface area contributed by atoms with E-state index in [2.05, 4.69) is 20.8 Å². The van der Waals surface area contributed by atoms with Gasteiger partial charge in [-0.3, -0.25) is 4.57 Å². The van der Waals surface area contributed by atoms with E-state index in [0.717, 1.165) is 11.1 Å². The molecule has 0 fully saturated rings. The van der Waals surface area contributed by atoms with Crippen molar-refractivity contribution >= 4 is 12.9 Å². The lowest BCUT2D eigenvalue weighted by Crippen LogP contribution is -2.16. The maximum Gasteiger partial charge on any atom is 0.359 e. The molecule has 0 aliphatic rings. The highest BCUT2D eigenvalue weighted by Gasteiger charge is 2.25. The molecule has 1 atom stereocenters. The summed E-state index contributed by atoms with van der Waals surface area (Å²) < 4.78 is 16.9. The van der Waals surface area contributed by atoms with Crippen LogP contribution in [-0.4, -0.2) is 11.5 Å². The first-order valence-corrected chi connectivity index (χ1v) is 7.35. The van der Waals surface area contributed by atoms with Gasteiger partial charge < -0.3 is 9.42 Å². The van der Waals surface area contributed by atoms with E-state index in [1.54, 1.807) is 13.0 Å². The molecule has 1 aromatic rings. The first-order valence-electron chi connectivity index (χ1n) is 5.77. The van der Waals surface area contributed by atoms with Crippen molar-refractivity contribution in [3.8, 4) is 0 Å². The number of hydrogen-bond acceptors (Lipinski definition) is 2. The largest absolute Gasteiger partial charge is 0.359 e. The molecule has 0 aliphatic heterocycles. The molecule has 0 heterocycles. The fourth-order valence-corrected chi connectivity index (χ4v) is 2.95. The summed E-state index contributed by atoms with van der Waals surface area (Å²) in [6, 6.07) is 5.55. The molecular weight excluding hydrogens is 235 g/mol. The van der Waals surface area contributed by atoms with Crippen molar-refractivity contribution in [1.82, 2.24) is 0 Å². The second-order valence-corrected chi connectivity index (χ2v) is 6.97. The summed E-state index contributed by atoms with van der Waals surface area (Å²) >= 11 is 0. The van der Waals surface area contributed by atoms with Crippen molar-refractivity contribution < 1.29 is 14.0 Å². The number of rotatable bonds is 3. The Morgan fingerprint density at radius 2 is 1.94 bits per heavy atom. The molecule has 0 amide bonds. The number of aryl methyl sites for hydroxylation is 1. The van der Waals surface area contributed by atoms with Crippen molar-refractivity contribution in [1.29, 1.82) is 0 Å². The Balaban J connectivity index is 3.19. The predicted molar refractivity (Wildman–Crippen MR) is 71.0 cm³/mol. The molecular formula is C13H21O3P. The topological polar surface area (TPSA) is 46.5 Å². The average Bonchev–Trinajstić information content (AvgIpc) is 2.15. The van der Waals surface area contributed by atoms with Gasteiger partial charge in [-0.25, -0.2) is 0 Å². The number of hydrogen-bond donors (Lipinski definition) is 1. The van der Waals surface area contributed by atoms with E-state index in [4.69, 9.17) is 4.52 Å². The van der Waals surface area contributed by atoms with Crippen LogP contribution in [0.5, 0.6) is 0 Å². The minimum atomic E-state index is -3.65. The Labute approximate surface area is 103 Å². The lowest BCUT2D eigenvalue weighted by Gasteiger charge is -2.21. The highest BCUT2D eigenvalue weighted by molar-refractivity contribution is 7.61. The molecule has 1 rings (SSSR count). The Hall–Kier alpha value is -0.630. The summed E-state index contributed by atoms with van der Waals surface area (Å²) in [7, 11) is -3.65. The van der Waals surface area contributed by atoms with Crippen molar-refractivity contribution in [2.45, 2.75) is 40.0 Å². The van der Waals surface area contributed by atoms with Gasteiger partial charge in [-0.2, -0.15) is 0 Å². The van der Waals surface area contributed by atoms with Gasteiger partial charge >= 0.3 is 7.60 Å². The first kappa shape index (κ1) is 14.4. The maximum absolute atomic E-state index is 11.9. The molecule has 17 heavy (non-hydrogen) atoms. The van der Waals surface area contributed by atoms with Gasteiger partial charge in [0.15, 0.2) is 0 Å². The molecule has 1 unspecified atom stereocenters. The minimum Gasteiger partial charge on any atom is -0.321 e. The zero-order chi connectivity index (χ0) is 13.3. The molecule has 0 aliphatic carbocycles. The molecule has 0 saturated carbocycles. The van der Waals surface area contributed by atoms with E-state index in [0.29, 0.717) is 5.30 Å². The van der Waals surface area contributed by atoms with Crippen LogP contribution in [0, 0.1) is 6.92 Å². The van der Waals surface area contributed by atoms with Crippen LogP contribution >= 0.6 is 7.60 Å². The lowest BCUT2D eigenvalue weighted by atomic mass is 9.86. The molecule has 0 spiro atoms. The van der Waals surface area contributed by atoms with Crippen LogP contribution in [0.25, 0.3) is 0 Å². The number of benzene rings is 1. The molecule has 0 bridgehead atoms. The molecule has 3 nitrogen and oxygen atoms in total. The third-order valence-electron chi connectivity index (χ3n) is 2.67. The highest BCUT2D eigenvalue weighted by atomic mass is 31.2. The monoisotopic (exact) mass is 256 g/mol. The molecule has 0 radical (unpaired) electrons. The maximum atomic E-state index is 11.9. The average molecular weight is 256 g/mol. The van der Waals surface area contributed by atoms with Gasteiger partial charge in [-0.15, -0.1) is 0 Å².